The van der Waals surface area contributed by atoms with Crippen LogP contribution in [0.4, 0.5) is 0 Å². The normalized spacial score (nSPS) is 15.1. The fourth-order valence-corrected chi connectivity index (χ4v) is 13.4. The van der Waals surface area contributed by atoms with Crippen LogP contribution in [0.2, 0.25) is 25.2 Å². The van der Waals surface area contributed by atoms with E-state index < -0.39 is 16.6 Å². The van der Waals surface area contributed by atoms with Gasteiger partial charge in [-0.1, -0.05) is 0 Å². The Balaban J connectivity index is 0. The molecular weight excluding hydrogens is 526 g/mol. The lowest BCUT2D eigenvalue weighted by Gasteiger charge is -2.35. The average Bonchev–Trinajstić information content (AvgIpc) is 2.75. The molecule has 0 amide bonds. The summed E-state index contributed by atoms with van der Waals surface area (Å²) in [4.78, 5) is 0. The van der Waals surface area contributed by atoms with Crippen LogP contribution in [-0.2, 0) is 23.1 Å². The van der Waals surface area contributed by atoms with E-state index in [9.17, 15) is 0 Å². The second kappa shape index (κ2) is 24.4. The molecule has 0 spiro atoms. The standard InChI is InChI=1S/C10H22O6.C8H18Cl4OSi2/c11-1-3-13-5-7-15-9-10-16-8-6-14-4-2-12;1-14(7-11,5-3-9)13-15(2,8-12)6-4-10/h11-12H,1-10H2;3-8H2,1-2H3. The van der Waals surface area contributed by atoms with Gasteiger partial charge in [0.15, 0.2) is 16.6 Å². The summed E-state index contributed by atoms with van der Waals surface area (Å²) in [5.74, 6) is 1.20. The van der Waals surface area contributed by atoms with Gasteiger partial charge in [0.2, 0.25) is 0 Å². The Labute approximate surface area is 209 Å². The van der Waals surface area contributed by atoms with E-state index in [1.54, 1.807) is 0 Å². The van der Waals surface area contributed by atoms with Gasteiger partial charge in [0.05, 0.1) is 66.1 Å². The van der Waals surface area contributed by atoms with Crippen LogP contribution >= 0.6 is 46.4 Å². The quantitative estimate of drug-likeness (QED) is 0.125. The summed E-state index contributed by atoms with van der Waals surface area (Å²) >= 11 is 23.5. The van der Waals surface area contributed by atoms with Crippen LogP contribution in [0.15, 0.2) is 0 Å². The first-order valence-corrected chi connectivity index (χ1v) is 18.1. The van der Waals surface area contributed by atoms with E-state index in [0.717, 1.165) is 12.1 Å². The molecule has 13 heteroatoms. The Hall–Kier alpha value is 1.31. The zero-order valence-corrected chi connectivity index (χ0v) is 23.8. The molecule has 2 atom stereocenters. The van der Waals surface area contributed by atoms with Crippen molar-refractivity contribution in [3.63, 3.8) is 0 Å². The second-order valence-corrected chi connectivity index (χ2v) is 17.6. The summed E-state index contributed by atoms with van der Waals surface area (Å²) in [6.07, 6.45) is 0. The molecule has 0 aliphatic rings. The van der Waals surface area contributed by atoms with Gasteiger partial charge in [-0.15, -0.1) is 46.4 Å². The van der Waals surface area contributed by atoms with Gasteiger partial charge < -0.3 is 33.3 Å². The number of hydrogen-bond acceptors (Lipinski definition) is 7. The maximum absolute atomic E-state index is 8.41. The van der Waals surface area contributed by atoms with Crippen LogP contribution in [0.1, 0.15) is 0 Å². The van der Waals surface area contributed by atoms with Gasteiger partial charge in [0, 0.05) is 22.8 Å². The maximum Gasteiger partial charge on any atom is 0.192 e. The molecule has 190 valence electrons. The molecule has 2 N–H and O–H groups in total. The summed E-state index contributed by atoms with van der Waals surface area (Å²) in [6.45, 7) is 8.03. The molecule has 0 aromatic heterocycles. The van der Waals surface area contributed by atoms with Gasteiger partial charge in [-0.05, 0) is 25.2 Å². The lowest BCUT2D eigenvalue weighted by Crippen LogP contribution is -2.51. The van der Waals surface area contributed by atoms with E-state index in [1.807, 2.05) is 0 Å². The number of rotatable bonds is 21. The molecule has 2 unspecified atom stereocenters. The lowest BCUT2D eigenvalue weighted by atomic mass is 10.7. The molecule has 0 aromatic rings. The van der Waals surface area contributed by atoms with E-state index >= 15 is 0 Å². The number of alkyl halides is 4. The van der Waals surface area contributed by atoms with E-state index in [1.165, 1.54) is 0 Å². The molecule has 0 aliphatic heterocycles. The minimum atomic E-state index is -1.86. The molecule has 0 aliphatic carbocycles. The van der Waals surface area contributed by atoms with Gasteiger partial charge in [-0.3, -0.25) is 0 Å². The molecule has 0 bridgehead atoms. The summed E-state index contributed by atoms with van der Waals surface area (Å²) in [6, 6.07) is 1.75. The first-order chi connectivity index (χ1) is 14.9. The van der Waals surface area contributed by atoms with Crippen LogP contribution < -0.4 is 0 Å². The van der Waals surface area contributed by atoms with Gasteiger partial charge in [-0.25, -0.2) is 0 Å². The van der Waals surface area contributed by atoms with Crippen molar-refractivity contribution < 1.29 is 33.3 Å². The third-order valence-corrected chi connectivity index (χ3v) is 16.0. The molecule has 0 fully saturated rings. The molecule has 0 saturated carbocycles. The first kappa shape index (κ1) is 34.5. The highest BCUT2D eigenvalue weighted by atomic mass is 35.5. The van der Waals surface area contributed by atoms with E-state index in [2.05, 4.69) is 13.1 Å². The fraction of sp³-hybridized carbons (Fsp3) is 1.00. The summed E-state index contributed by atoms with van der Waals surface area (Å²) < 4.78 is 26.6. The highest BCUT2D eigenvalue weighted by Crippen LogP contribution is 2.24. The number of halogens is 4. The number of aliphatic hydroxyl groups is 2. The molecule has 0 aromatic carbocycles. The second-order valence-electron chi connectivity index (χ2n) is 7.04. The summed E-state index contributed by atoms with van der Waals surface area (Å²) in [7, 11) is -3.73. The Morgan fingerprint density at radius 1 is 0.548 bits per heavy atom. The zero-order chi connectivity index (χ0) is 23.8. The van der Waals surface area contributed by atoms with Gasteiger partial charge in [0.25, 0.3) is 0 Å². The Morgan fingerprint density at radius 3 is 1.06 bits per heavy atom. The van der Waals surface area contributed by atoms with Crippen LogP contribution in [0, 0.1) is 0 Å². The topological polar surface area (TPSA) is 86.6 Å². The number of ether oxygens (including phenoxy) is 4. The van der Waals surface area contributed by atoms with Crippen molar-refractivity contribution in [2.75, 3.05) is 88.8 Å². The van der Waals surface area contributed by atoms with Crippen molar-refractivity contribution in [1.82, 2.24) is 0 Å². The van der Waals surface area contributed by atoms with Crippen molar-refractivity contribution in [1.29, 1.82) is 0 Å². The van der Waals surface area contributed by atoms with E-state index in [-0.39, 0.29) is 13.2 Å². The number of aliphatic hydroxyl groups excluding tert-OH is 2. The van der Waals surface area contributed by atoms with Gasteiger partial charge >= 0.3 is 0 Å². The van der Waals surface area contributed by atoms with Crippen LogP contribution in [0.5, 0.6) is 0 Å². The maximum atomic E-state index is 8.41. The lowest BCUT2D eigenvalue weighted by molar-refractivity contribution is -0.00856. The third-order valence-electron chi connectivity index (χ3n) is 3.89. The first-order valence-electron chi connectivity index (χ1n) is 10.3. The molecule has 0 saturated heterocycles. The van der Waals surface area contributed by atoms with E-state index in [4.69, 9.17) is 79.7 Å². The van der Waals surface area contributed by atoms with E-state index in [0.29, 0.717) is 75.6 Å². The molecule has 0 heterocycles. The third kappa shape index (κ3) is 22.9. The molecule has 0 radical (unpaired) electrons. The molecule has 31 heavy (non-hydrogen) atoms. The van der Waals surface area contributed by atoms with Crippen molar-refractivity contribution in [2.24, 2.45) is 0 Å². The summed E-state index contributed by atoms with van der Waals surface area (Å²) in [5, 5.41) is 16.8. The van der Waals surface area contributed by atoms with Crippen LogP contribution in [0.25, 0.3) is 0 Å². The Bertz CT molecular complexity index is 350. The largest absolute Gasteiger partial charge is 0.453 e. The monoisotopic (exact) mass is 564 g/mol. The Kier molecular flexibility index (Phi) is 27.2. The highest BCUT2D eigenvalue weighted by molar-refractivity contribution is 6.91. The Morgan fingerprint density at radius 2 is 0.839 bits per heavy atom. The zero-order valence-electron chi connectivity index (χ0n) is 18.8. The molecule has 0 rings (SSSR count). The van der Waals surface area contributed by atoms with Crippen molar-refractivity contribution in [2.45, 2.75) is 25.2 Å². The number of hydrogen-bond donors (Lipinski definition) is 2. The van der Waals surface area contributed by atoms with Gasteiger partial charge in [0.1, 0.15) is 0 Å². The summed E-state index contributed by atoms with van der Waals surface area (Å²) in [5.41, 5.74) is 1.14. The predicted molar refractivity (Wildman–Crippen MR) is 134 cm³/mol. The van der Waals surface area contributed by atoms with Crippen molar-refractivity contribution >= 4 is 63.0 Å². The minimum absolute atomic E-state index is 0.0386. The van der Waals surface area contributed by atoms with Crippen molar-refractivity contribution in [3.05, 3.63) is 0 Å². The van der Waals surface area contributed by atoms with Crippen LogP contribution in [0.3, 0.4) is 0 Å². The fourth-order valence-electron chi connectivity index (χ4n) is 2.18. The average molecular weight is 566 g/mol. The SMILES string of the molecule is C[Si](CCl)(CCCl)O[Si](C)(CCl)CCCl.OCCOCCOCCOCCOCCO. The highest BCUT2D eigenvalue weighted by Gasteiger charge is 2.38. The van der Waals surface area contributed by atoms with Gasteiger partial charge in [-0.2, -0.15) is 0 Å². The van der Waals surface area contributed by atoms with Crippen molar-refractivity contribution in [3.8, 4) is 0 Å². The molecular formula is C18H40Cl4O7Si2. The molecule has 7 nitrogen and oxygen atoms in total. The van der Waals surface area contributed by atoms with Crippen LogP contribution in [-0.4, -0.2) is 116 Å². The minimum Gasteiger partial charge on any atom is -0.453 e. The predicted octanol–water partition coefficient (Wildman–Crippen LogP) is 3.22. The smallest absolute Gasteiger partial charge is 0.192 e.